The van der Waals surface area contributed by atoms with Crippen LogP contribution in [0.1, 0.15) is 46.6 Å². The number of benzene rings is 1. The minimum Gasteiger partial charge on any atom is -0.303 e. The highest BCUT2D eigenvalue weighted by atomic mass is 32.2. The summed E-state index contributed by atoms with van der Waals surface area (Å²) in [5.74, 6) is 0. The van der Waals surface area contributed by atoms with Crippen LogP contribution in [-0.4, -0.2) is 31.6 Å². The zero-order valence-electron chi connectivity index (χ0n) is 15.5. The summed E-state index contributed by atoms with van der Waals surface area (Å²) >= 11 is 0. The van der Waals surface area contributed by atoms with Gasteiger partial charge in [0.15, 0.2) is 0 Å². The van der Waals surface area contributed by atoms with Gasteiger partial charge in [-0.05, 0) is 38.3 Å². The van der Waals surface area contributed by atoms with E-state index in [9.17, 15) is 13.2 Å². The zero-order valence-corrected chi connectivity index (χ0v) is 16.4. The SMILES string of the molecule is CC(C)=CCN([C@H](CC=O)C(C)(C)C)S(=O)(=O)c1ccc(C)cc1. The molecule has 0 spiro atoms. The molecule has 5 heteroatoms. The molecule has 0 aliphatic heterocycles. The van der Waals surface area contributed by atoms with Gasteiger partial charge in [-0.15, -0.1) is 0 Å². The largest absolute Gasteiger partial charge is 0.303 e. The number of sulfonamides is 1. The first-order valence-electron chi connectivity index (χ1n) is 8.15. The van der Waals surface area contributed by atoms with Crippen LogP contribution in [0.4, 0.5) is 0 Å². The van der Waals surface area contributed by atoms with Crippen LogP contribution < -0.4 is 0 Å². The summed E-state index contributed by atoms with van der Waals surface area (Å²) in [6, 6.07) is 6.42. The quantitative estimate of drug-likeness (QED) is 0.552. The Bertz CT molecular complexity index is 678. The molecule has 0 fully saturated rings. The average molecular weight is 352 g/mol. The van der Waals surface area contributed by atoms with Crippen LogP contribution in [0, 0.1) is 12.3 Å². The van der Waals surface area contributed by atoms with Gasteiger partial charge in [0.1, 0.15) is 6.29 Å². The predicted molar refractivity (Wildman–Crippen MR) is 98.4 cm³/mol. The fourth-order valence-electron chi connectivity index (χ4n) is 2.51. The molecule has 0 amide bonds. The molecule has 1 atom stereocenters. The van der Waals surface area contributed by atoms with Crippen LogP contribution in [0.5, 0.6) is 0 Å². The number of hydrogen-bond donors (Lipinski definition) is 0. The molecule has 0 saturated carbocycles. The van der Waals surface area contributed by atoms with Gasteiger partial charge in [-0.2, -0.15) is 4.31 Å². The molecule has 0 aliphatic rings. The summed E-state index contributed by atoms with van der Waals surface area (Å²) in [6.07, 6.45) is 2.86. The summed E-state index contributed by atoms with van der Waals surface area (Å²) in [4.78, 5) is 11.4. The predicted octanol–water partition coefficient (Wildman–Crippen LogP) is 3.96. The summed E-state index contributed by atoms with van der Waals surface area (Å²) in [6.45, 7) is 11.9. The Labute approximate surface area is 146 Å². The van der Waals surface area contributed by atoms with E-state index in [0.29, 0.717) is 0 Å². The van der Waals surface area contributed by atoms with Gasteiger partial charge >= 0.3 is 0 Å². The fraction of sp³-hybridized carbons (Fsp3) is 0.526. The van der Waals surface area contributed by atoms with Crippen LogP contribution >= 0.6 is 0 Å². The molecule has 1 aromatic rings. The molecule has 0 heterocycles. The maximum absolute atomic E-state index is 13.2. The maximum atomic E-state index is 13.2. The van der Waals surface area contributed by atoms with E-state index >= 15 is 0 Å². The van der Waals surface area contributed by atoms with Crippen molar-refractivity contribution in [3.8, 4) is 0 Å². The van der Waals surface area contributed by atoms with E-state index in [4.69, 9.17) is 0 Å². The second-order valence-corrected chi connectivity index (χ2v) is 9.34. The topological polar surface area (TPSA) is 54.5 Å². The standard InChI is InChI=1S/C19H29NO3S/c1-15(2)11-13-20(18(12-14-21)19(4,5)6)24(22,23)17-9-7-16(3)8-10-17/h7-11,14,18H,12-13H2,1-6H3/t18-/m1/s1. The van der Waals surface area contributed by atoms with Gasteiger partial charge in [0, 0.05) is 19.0 Å². The Balaban J connectivity index is 3.42. The number of carbonyl (C=O) groups excluding carboxylic acids is 1. The fourth-order valence-corrected chi connectivity index (χ4v) is 4.26. The van der Waals surface area contributed by atoms with Crippen LogP contribution in [0.25, 0.3) is 0 Å². The smallest absolute Gasteiger partial charge is 0.243 e. The van der Waals surface area contributed by atoms with Crippen molar-refractivity contribution in [2.75, 3.05) is 6.54 Å². The number of aryl methyl sites for hydroxylation is 1. The first-order chi connectivity index (χ1) is 11.0. The van der Waals surface area contributed by atoms with Crippen LogP contribution in [0.2, 0.25) is 0 Å². The maximum Gasteiger partial charge on any atom is 0.243 e. The van der Waals surface area contributed by atoms with Gasteiger partial charge in [-0.25, -0.2) is 8.42 Å². The molecule has 0 N–H and O–H groups in total. The number of rotatable bonds is 7. The third kappa shape index (κ3) is 5.28. The van der Waals surface area contributed by atoms with Gasteiger partial charge in [0.2, 0.25) is 10.0 Å². The normalized spacial score (nSPS) is 13.6. The molecule has 0 radical (unpaired) electrons. The third-order valence-electron chi connectivity index (χ3n) is 3.97. The van der Waals surface area contributed by atoms with Crippen molar-refractivity contribution < 1.29 is 13.2 Å². The Morgan fingerprint density at radius 3 is 2.12 bits per heavy atom. The molecule has 0 aromatic heterocycles. The molecule has 1 aromatic carbocycles. The molecule has 134 valence electrons. The Hall–Kier alpha value is -1.46. The zero-order chi connectivity index (χ0) is 18.5. The minimum absolute atomic E-state index is 0.172. The summed E-state index contributed by atoms with van der Waals surface area (Å²) in [7, 11) is -3.69. The van der Waals surface area contributed by atoms with E-state index in [2.05, 4.69) is 0 Å². The van der Waals surface area contributed by atoms with E-state index in [0.717, 1.165) is 17.4 Å². The number of aldehydes is 1. The van der Waals surface area contributed by atoms with Crippen LogP contribution in [-0.2, 0) is 14.8 Å². The second-order valence-electron chi connectivity index (χ2n) is 7.45. The molecule has 4 nitrogen and oxygen atoms in total. The van der Waals surface area contributed by atoms with E-state index in [1.54, 1.807) is 24.3 Å². The summed E-state index contributed by atoms with van der Waals surface area (Å²) < 4.78 is 27.9. The number of hydrogen-bond acceptors (Lipinski definition) is 3. The number of nitrogens with zero attached hydrogens (tertiary/aromatic N) is 1. The lowest BCUT2D eigenvalue weighted by atomic mass is 9.85. The third-order valence-corrected chi connectivity index (χ3v) is 5.86. The van der Waals surface area contributed by atoms with E-state index in [1.807, 2.05) is 47.6 Å². The molecule has 24 heavy (non-hydrogen) atoms. The Morgan fingerprint density at radius 1 is 1.17 bits per heavy atom. The van der Waals surface area contributed by atoms with Gasteiger partial charge in [0.05, 0.1) is 4.90 Å². The summed E-state index contributed by atoms with van der Waals surface area (Å²) in [5.41, 5.74) is 1.69. The molecule has 0 saturated heterocycles. The molecule has 0 bridgehead atoms. The number of carbonyl (C=O) groups is 1. The minimum atomic E-state index is -3.69. The first kappa shape index (κ1) is 20.6. The van der Waals surface area contributed by atoms with E-state index in [1.165, 1.54) is 4.31 Å². The Kier molecular flexibility index (Phi) is 6.93. The second kappa shape index (κ2) is 8.08. The van der Waals surface area contributed by atoms with E-state index in [-0.39, 0.29) is 23.3 Å². The first-order valence-corrected chi connectivity index (χ1v) is 9.59. The van der Waals surface area contributed by atoms with Crippen molar-refractivity contribution in [1.29, 1.82) is 0 Å². The number of allylic oxidation sites excluding steroid dienone is 1. The highest BCUT2D eigenvalue weighted by Gasteiger charge is 2.37. The van der Waals surface area contributed by atoms with Crippen LogP contribution in [0.3, 0.4) is 0 Å². The molecule has 0 aliphatic carbocycles. The highest BCUT2D eigenvalue weighted by Crippen LogP contribution is 2.31. The lowest BCUT2D eigenvalue weighted by molar-refractivity contribution is -0.109. The molecule has 0 unspecified atom stereocenters. The molecular formula is C19H29NO3S. The summed E-state index contributed by atoms with van der Waals surface area (Å²) in [5, 5.41) is 0. The molecule has 1 rings (SSSR count). The van der Waals surface area contributed by atoms with Gasteiger partial charge in [-0.1, -0.05) is 50.1 Å². The van der Waals surface area contributed by atoms with Crippen molar-refractivity contribution in [2.24, 2.45) is 5.41 Å². The van der Waals surface area contributed by atoms with Crippen molar-refractivity contribution in [3.63, 3.8) is 0 Å². The Morgan fingerprint density at radius 2 is 1.71 bits per heavy atom. The van der Waals surface area contributed by atoms with Crippen molar-refractivity contribution in [2.45, 2.75) is 58.9 Å². The van der Waals surface area contributed by atoms with Crippen LogP contribution in [0.15, 0.2) is 40.8 Å². The van der Waals surface area contributed by atoms with Crippen molar-refractivity contribution >= 4 is 16.3 Å². The molecular weight excluding hydrogens is 322 g/mol. The van der Waals surface area contributed by atoms with E-state index < -0.39 is 16.1 Å². The van der Waals surface area contributed by atoms with Crippen molar-refractivity contribution in [3.05, 3.63) is 41.5 Å². The van der Waals surface area contributed by atoms with Gasteiger partial charge in [-0.3, -0.25) is 0 Å². The van der Waals surface area contributed by atoms with Crippen molar-refractivity contribution in [1.82, 2.24) is 4.31 Å². The monoisotopic (exact) mass is 351 g/mol. The average Bonchev–Trinajstić information content (AvgIpc) is 2.45. The highest BCUT2D eigenvalue weighted by molar-refractivity contribution is 7.89. The lowest BCUT2D eigenvalue weighted by Crippen LogP contribution is -2.47. The lowest BCUT2D eigenvalue weighted by Gasteiger charge is -2.38. The van der Waals surface area contributed by atoms with Gasteiger partial charge < -0.3 is 4.79 Å². The van der Waals surface area contributed by atoms with Gasteiger partial charge in [0.25, 0.3) is 0 Å².